The van der Waals surface area contributed by atoms with Crippen LogP contribution in [-0.4, -0.2) is 28.5 Å². The van der Waals surface area contributed by atoms with Crippen LogP contribution >= 0.6 is 55.2 Å². The maximum absolute atomic E-state index is 12.8. The van der Waals surface area contributed by atoms with Gasteiger partial charge in [0.1, 0.15) is 18.9 Å². The topological polar surface area (TPSA) is 75.7 Å². The van der Waals surface area contributed by atoms with Crippen molar-refractivity contribution in [3.8, 4) is 5.75 Å². The van der Waals surface area contributed by atoms with Crippen LogP contribution in [0.2, 0.25) is 5.02 Å². The molecule has 1 fully saturated rings. The Hall–Kier alpha value is -2.59. The molecule has 0 atom stereocenters. The summed E-state index contributed by atoms with van der Waals surface area (Å²) in [5.74, 6) is -0.362. The second-order valence-electron chi connectivity index (χ2n) is 7.39. The Morgan fingerprint density at radius 2 is 1.80 bits per heavy atom. The molecule has 1 aliphatic rings. The molecule has 1 N–H and O–H groups in total. The molecule has 0 saturated carbocycles. The summed E-state index contributed by atoms with van der Waals surface area (Å²) in [7, 11) is 0. The molecule has 0 radical (unpaired) electrons. The first kappa shape index (κ1) is 25.5. The molecule has 0 aromatic heterocycles. The number of nitrogens with one attached hydrogen (secondary N) is 1. The van der Waals surface area contributed by atoms with Gasteiger partial charge in [-0.1, -0.05) is 51.8 Å². The zero-order valence-corrected chi connectivity index (χ0v) is 22.7. The van der Waals surface area contributed by atoms with Crippen LogP contribution in [0.25, 0.3) is 6.08 Å². The Bertz CT molecular complexity index is 1330. The second-order valence-corrected chi connectivity index (χ2v) is 10.6. The maximum atomic E-state index is 12.8. The normalized spacial score (nSPS) is 14.5. The Balaban J connectivity index is 1.40. The molecule has 3 aromatic carbocycles. The first-order valence-corrected chi connectivity index (χ1v) is 13.0. The van der Waals surface area contributed by atoms with Gasteiger partial charge in [-0.05, 0) is 81.8 Å². The number of halogens is 3. The number of anilines is 1. The highest BCUT2D eigenvalue weighted by Gasteiger charge is 2.36. The van der Waals surface area contributed by atoms with Crippen LogP contribution in [0.3, 0.4) is 0 Å². The molecule has 3 aromatic rings. The summed E-state index contributed by atoms with van der Waals surface area (Å²) < 4.78 is 7.41. The summed E-state index contributed by atoms with van der Waals surface area (Å²) in [4.78, 5) is 38.7. The number of nitrogens with zero attached hydrogens (tertiary/aromatic N) is 1. The van der Waals surface area contributed by atoms with E-state index in [0.29, 0.717) is 33.1 Å². The predicted molar refractivity (Wildman–Crippen MR) is 145 cm³/mol. The second kappa shape index (κ2) is 11.4. The predicted octanol–water partition coefficient (Wildman–Crippen LogP) is 7.12. The van der Waals surface area contributed by atoms with Gasteiger partial charge in [0.15, 0.2) is 0 Å². The van der Waals surface area contributed by atoms with Gasteiger partial charge in [-0.3, -0.25) is 19.3 Å². The fourth-order valence-corrected chi connectivity index (χ4v) is 4.96. The van der Waals surface area contributed by atoms with Crippen molar-refractivity contribution in [3.63, 3.8) is 0 Å². The minimum Gasteiger partial charge on any atom is -0.488 e. The van der Waals surface area contributed by atoms with Crippen LogP contribution in [0, 0.1) is 0 Å². The highest BCUT2D eigenvalue weighted by molar-refractivity contribution is 9.10. The van der Waals surface area contributed by atoms with Crippen LogP contribution in [0.5, 0.6) is 5.75 Å². The van der Waals surface area contributed by atoms with Crippen molar-refractivity contribution < 1.29 is 19.1 Å². The number of carbonyl (C=O) groups excluding carboxylic acids is 3. The molecule has 1 saturated heterocycles. The zero-order valence-electron chi connectivity index (χ0n) is 18.0. The van der Waals surface area contributed by atoms with Crippen molar-refractivity contribution >= 4 is 84.0 Å². The van der Waals surface area contributed by atoms with E-state index in [0.717, 1.165) is 26.7 Å². The molecule has 3 amide bonds. The van der Waals surface area contributed by atoms with E-state index in [-0.39, 0.29) is 11.4 Å². The average Bonchev–Trinajstić information content (AvgIpc) is 3.08. The first-order valence-electron chi connectivity index (χ1n) is 10.3. The molecular weight excluding hydrogens is 620 g/mol. The minimum absolute atomic E-state index is 0.239. The highest BCUT2D eigenvalue weighted by atomic mass is 79.9. The lowest BCUT2D eigenvalue weighted by Crippen LogP contribution is -2.36. The Labute approximate surface area is 227 Å². The van der Waals surface area contributed by atoms with Crippen molar-refractivity contribution in [2.24, 2.45) is 0 Å². The summed E-state index contributed by atoms with van der Waals surface area (Å²) in [6.07, 6.45) is 1.61. The lowest BCUT2D eigenvalue weighted by atomic mass is 10.2. The number of carbonyl (C=O) groups is 3. The van der Waals surface area contributed by atoms with Crippen molar-refractivity contribution in [1.29, 1.82) is 0 Å². The standard InChI is InChI=1S/C25H17Br2ClN2O4S/c26-17-6-8-18(9-7-17)29-23(31)13-30-24(32)22(35-25(30)33)12-15-5-10-21(19(27)11-15)34-14-16-3-1-2-4-20(16)28/h1-12H,13-14H2,(H,29,31)/b22-12+. The summed E-state index contributed by atoms with van der Waals surface area (Å²) in [6.45, 7) is -0.0601. The van der Waals surface area contributed by atoms with E-state index < -0.39 is 17.1 Å². The van der Waals surface area contributed by atoms with Crippen molar-refractivity contribution in [2.75, 3.05) is 11.9 Å². The molecule has 1 heterocycles. The van der Waals surface area contributed by atoms with E-state index in [1.165, 1.54) is 0 Å². The Morgan fingerprint density at radius 1 is 1.06 bits per heavy atom. The number of hydrogen-bond acceptors (Lipinski definition) is 5. The highest BCUT2D eigenvalue weighted by Crippen LogP contribution is 2.34. The van der Waals surface area contributed by atoms with Crippen LogP contribution in [-0.2, 0) is 16.2 Å². The van der Waals surface area contributed by atoms with Crippen LogP contribution in [0.4, 0.5) is 10.5 Å². The molecule has 178 valence electrons. The summed E-state index contributed by atoms with van der Waals surface area (Å²) >= 11 is 13.8. The first-order chi connectivity index (χ1) is 16.8. The molecule has 6 nitrogen and oxygen atoms in total. The molecule has 4 rings (SSSR count). The van der Waals surface area contributed by atoms with E-state index in [1.54, 1.807) is 54.6 Å². The van der Waals surface area contributed by atoms with Gasteiger partial charge in [0.2, 0.25) is 5.91 Å². The number of amides is 3. The lowest BCUT2D eigenvalue weighted by molar-refractivity contribution is -0.127. The van der Waals surface area contributed by atoms with Crippen LogP contribution < -0.4 is 10.1 Å². The minimum atomic E-state index is -0.513. The lowest BCUT2D eigenvalue weighted by Gasteiger charge is -2.12. The van der Waals surface area contributed by atoms with Crippen molar-refractivity contribution in [3.05, 3.63) is 96.7 Å². The number of ether oxygens (including phenoxy) is 1. The Morgan fingerprint density at radius 3 is 2.51 bits per heavy atom. The smallest absolute Gasteiger partial charge is 0.294 e. The van der Waals surface area contributed by atoms with Gasteiger partial charge in [-0.15, -0.1) is 0 Å². The number of benzene rings is 3. The van der Waals surface area contributed by atoms with Gasteiger partial charge in [0, 0.05) is 20.7 Å². The van der Waals surface area contributed by atoms with E-state index in [1.807, 2.05) is 18.2 Å². The molecular formula is C25H17Br2ClN2O4S. The van der Waals surface area contributed by atoms with Gasteiger partial charge in [0.05, 0.1) is 9.38 Å². The molecule has 0 unspecified atom stereocenters. The summed E-state index contributed by atoms with van der Waals surface area (Å²) in [5, 5.41) is 2.81. The maximum Gasteiger partial charge on any atom is 0.294 e. The molecule has 10 heteroatoms. The van der Waals surface area contributed by atoms with E-state index in [9.17, 15) is 14.4 Å². The van der Waals surface area contributed by atoms with Gasteiger partial charge in [-0.2, -0.15) is 0 Å². The fraction of sp³-hybridized carbons (Fsp3) is 0.0800. The van der Waals surface area contributed by atoms with Gasteiger partial charge >= 0.3 is 0 Å². The molecule has 0 aliphatic carbocycles. The van der Waals surface area contributed by atoms with Crippen molar-refractivity contribution in [2.45, 2.75) is 6.61 Å². The summed E-state index contributed by atoms with van der Waals surface area (Å²) in [5.41, 5.74) is 2.14. The van der Waals surface area contributed by atoms with Crippen LogP contribution in [0.1, 0.15) is 11.1 Å². The van der Waals surface area contributed by atoms with Gasteiger partial charge in [0.25, 0.3) is 11.1 Å². The van der Waals surface area contributed by atoms with Gasteiger partial charge < -0.3 is 10.1 Å². The van der Waals surface area contributed by atoms with E-state index in [2.05, 4.69) is 37.2 Å². The van der Waals surface area contributed by atoms with Gasteiger partial charge in [-0.25, -0.2) is 0 Å². The number of hydrogen-bond donors (Lipinski definition) is 1. The summed E-state index contributed by atoms with van der Waals surface area (Å²) in [6, 6.07) is 19.8. The third-order valence-electron chi connectivity index (χ3n) is 4.90. The van der Waals surface area contributed by atoms with Crippen LogP contribution in [0.15, 0.2) is 80.6 Å². The number of imide groups is 1. The molecule has 1 aliphatic heterocycles. The Kier molecular flexibility index (Phi) is 8.33. The third kappa shape index (κ3) is 6.55. The van der Waals surface area contributed by atoms with E-state index >= 15 is 0 Å². The number of thioether (sulfide) groups is 1. The quantitative estimate of drug-likeness (QED) is 0.280. The SMILES string of the molecule is O=C(CN1C(=O)S/C(=C/c2ccc(OCc3ccccc3Cl)c(Br)c2)C1=O)Nc1ccc(Br)cc1. The average molecular weight is 637 g/mol. The third-order valence-corrected chi connectivity index (χ3v) is 7.32. The molecule has 0 spiro atoms. The number of rotatable bonds is 7. The zero-order chi connectivity index (χ0) is 24.9. The molecule has 35 heavy (non-hydrogen) atoms. The fourth-order valence-electron chi connectivity index (χ4n) is 3.16. The van der Waals surface area contributed by atoms with Crippen molar-refractivity contribution in [1.82, 2.24) is 4.90 Å². The molecule has 0 bridgehead atoms. The van der Waals surface area contributed by atoms with E-state index in [4.69, 9.17) is 16.3 Å². The largest absolute Gasteiger partial charge is 0.488 e. The monoisotopic (exact) mass is 634 g/mol.